The summed E-state index contributed by atoms with van der Waals surface area (Å²) in [5, 5.41) is 8.12. The number of hydrogen-bond acceptors (Lipinski definition) is 5. The molecule has 4 nitrogen and oxygen atoms in total. The Morgan fingerprint density at radius 2 is 2.17 bits per heavy atom. The van der Waals surface area contributed by atoms with Crippen LogP contribution in [0.1, 0.15) is 17.0 Å². The highest BCUT2D eigenvalue weighted by atomic mass is 32.1. The molecule has 0 saturated heterocycles. The van der Waals surface area contributed by atoms with E-state index >= 15 is 0 Å². The minimum atomic E-state index is 0.635. The monoisotopic (exact) mass is 259 g/mol. The second-order valence-corrected chi connectivity index (χ2v) is 5.30. The van der Waals surface area contributed by atoms with Gasteiger partial charge < -0.3 is 9.84 Å². The molecule has 3 rings (SSSR count). The molecule has 3 aromatic rings. The lowest BCUT2D eigenvalue weighted by Gasteiger charge is -1.96. The van der Waals surface area contributed by atoms with E-state index in [1.54, 1.807) is 11.3 Å². The molecule has 0 bridgehead atoms. The maximum atomic E-state index is 5.02. The van der Waals surface area contributed by atoms with Gasteiger partial charge in [-0.3, -0.25) is 0 Å². The van der Waals surface area contributed by atoms with Crippen molar-refractivity contribution in [1.29, 1.82) is 0 Å². The first kappa shape index (κ1) is 11.2. The first-order valence-corrected chi connectivity index (χ1v) is 6.55. The Bertz CT molecular complexity index is 686. The van der Waals surface area contributed by atoms with E-state index < -0.39 is 0 Å². The van der Waals surface area contributed by atoms with Gasteiger partial charge in [-0.2, -0.15) is 0 Å². The summed E-state index contributed by atoms with van der Waals surface area (Å²) in [5.41, 5.74) is 3.16. The Labute approximate surface area is 109 Å². The molecule has 2 heterocycles. The minimum Gasteiger partial charge on any atom is -0.361 e. The molecule has 0 fully saturated rings. The SMILES string of the molecule is Cc1ccc2sc(NCc3cc(C)on3)nc2c1. The van der Waals surface area contributed by atoms with Gasteiger partial charge in [0.25, 0.3) is 0 Å². The van der Waals surface area contributed by atoms with Crippen LogP contribution in [-0.2, 0) is 6.54 Å². The Morgan fingerprint density at radius 3 is 2.94 bits per heavy atom. The van der Waals surface area contributed by atoms with Crippen molar-refractivity contribution in [3.05, 3.63) is 41.3 Å². The summed E-state index contributed by atoms with van der Waals surface area (Å²) in [6.45, 7) is 4.59. The van der Waals surface area contributed by atoms with Crippen molar-refractivity contribution in [1.82, 2.24) is 10.1 Å². The summed E-state index contributed by atoms with van der Waals surface area (Å²) in [6, 6.07) is 8.22. The molecule has 0 saturated carbocycles. The standard InChI is InChI=1S/C13H13N3OS/c1-8-3-4-12-11(5-8)15-13(18-12)14-7-10-6-9(2)17-16-10/h3-6H,7H2,1-2H3,(H,14,15). The Balaban J connectivity index is 1.78. The molecular weight excluding hydrogens is 246 g/mol. The predicted molar refractivity (Wildman–Crippen MR) is 72.9 cm³/mol. The average molecular weight is 259 g/mol. The van der Waals surface area contributed by atoms with Crippen LogP contribution in [0.25, 0.3) is 10.2 Å². The van der Waals surface area contributed by atoms with E-state index in [-0.39, 0.29) is 0 Å². The maximum Gasteiger partial charge on any atom is 0.184 e. The van der Waals surface area contributed by atoms with E-state index in [1.165, 1.54) is 10.3 Å². The van der Waals surface area contributed by atoms with Gasteiger partial charge in [0.15, 0.2) is 5.13 Å². The molecule has 0 aliphatic carbocycles. The summed E-state index contributed by atoms with van der Waals surface area (Å²) in [4.78, 5) is 4.54. The minimum absolute atomic E-state index is 0.635. The van der Waals surface area contributed by atoms with E-state index in [0.717, 1.165) is 22.1 Å². The second kappa shape index (κ2) is 4.42. The molecular formula is C13H13N3OS. The molecule has 92 valence electrons. The van der Waals surface area contributed by atoms with Crippen LogP contribution in [0, 0.1) is 13.8 Å². The first-order chi connectivity index (χ1) is 8.70. The molecule has 0 spiro atoms. The number of nitrogens with one attached hydrogen (secondary N) is 1. The number of fused-ring (bicyclic) bond motifs is 1. The van der Waals surface area contributed by atoms with Gasteiger partial charge in [-0.1, -0.05) is 22.6 Å². The molecule has 2 aromatic heterocycles. The number of aryl methyl sites for hydroxylation is 2. The smallest absolute Gasteiger partial charge is 0.184 e. The summed E-state index contributed by atoms with van der Waals surface area (Å²) in [7, 11) is 0. The van der Waals surface area contributed by atoms with Crippen LogP contribution in [0.15, 0.2) is 28.8 Å². The van der Waals surface area contributed by atoms with Crippen LogP contribution in [0.5, 0.6) is 0 Å². The van der Waals surface area contributed by atoms with Crippen LogP contribution >= 0.6 is 11.3 Å². The van der Waals surface area contributed by atoms with Crippen molar-refractivity contribution in [3.63, 3.8) is 0 Å². The Morgan fingerprint density at radius 1 is 1.28 bits per heavy atom. The van der Waals surface area contributed by atoms with Crippen LogP contribution in [0.2, 0.25) is 0 Å². The van der Waals surface area contributed by atoms with E-state index in [4.69, 9.17) is 4.52 Å². The highest BCUT2D eigenvalue weighted by Crippen LogP contribution is 2.26. The first-order valence-electron chi connectivity index (χ1n) is 5.74. The predicted octanol–water partition coefficient (Wildman–Crippen LogP) is 3.51. The lowest BCUT2D eigenvalue weighted by atomic mass is 10.2. The van der Waals surface area contributed by atoms with Gasteiger partial charge in [0.05, 0.1) is 16.8 Å². The third-order valence-corrected chi connectivity index (χ3v) is 3.63. The number of anilines is 1. The van der Waals surface area contributed by atoms with Gasteiger partial charge in [-0.15, -0.1) is 0 Å². The van der Waals surface area contributed by atoms with Crippen molar-refractivity contribution in [2.24, 2.45) is 0 Å². The normalized spacial score (nSPS) is 11.0. The van der Waals surface area contributed by atoms with Crippen molar-refractivity contribution >= 4 is 26.7 Å². The largest absolute Gasteiger partial charge is 0.361 e. The highest BCUT2D eigenvalue weighted by Gasteiger charge is 2.05. The number of thiazole rings is 1. The van der Waals surface area contributed by atoms with E-state index in [1.807, 2.05) is 13.0 Å². The van der Waals surface area contributed by atoms with Gasteiger partial charge in [0, 0.05) is 6.07 Å². The van der Waals surface area contributed by atoms with Crippen molar-refractivity contribution in [3.8, 4) is 0 Å². The van der Waals surface area contributed by atoms with E-state index in [2.05, 4.69) is 40.6 Å². The number of hydrogen-bond donors (Lipinski definition) is 1. The van der Waals surface area contributed by atoms with Gasteiger partial charge in [0.1, 0.15) is 11.5 Å². The lowest BCUT2D eigenvalue weighted by molar-refractivity contribution is 0.391. The molecule has 0 radical (unpaired) electrons. The lowest BCUT2D eigenvalue weighted by Crippen LogP contribution is -1.98. The maximum absolute atomic E-state index is 5.02. The van der Waals surface area contributed by atoms with Crippen LogP contribution < -0.4 is 5.32 Å². The third kappa shape index (κ3) is 2.22. The fraction of sp³-hybridized carbons (Fsp3) is 0.231. The molecule has 18 heavy (non-hydrogen) atoms. The third-order valence-electron chi connectivity index (χ3n) is 2.64. The summed E-state index contributed by atoms with van der Waals surface area (Å²) >= 11 is 1.65. The molecule has 0 unspecified atom stereocenters. The van der Waals surface area contributed by atoms with Crippen molar-refractivity contribution in [2.75, 3.05) is 5.32 Å². The molecule has 1 aromatic carbocycles. The molecule has 1 N–H and O–H groups in total. The van der Waals surface area contributed by atoms with Crippen molar-refractivity contribution < 1.29 is 4.52 Å². The zero-order valence-electron chi connectivity index (χ0n) is 10.2. The number of rotatable bonds is 3. The van der Waals surface area contributed by atoms with Crippen molar-refractivity contribution in [2.45, 2.75) is 20.4 Å². The summed E-state index contributed by atoms with van der Waals surface area (Å²) < 4.78 is 6.21. The fourth-order valence-corrected chi connectivity index (χ4v) is 2.62. The zero-order valence-corrected chi connectivity index (χ0v) is 11.0. The molecule has 0 atom stereocenters. The van der Waals surface area contributed by atoms with Crippen LogP contribution in [-0.4, -0.2) is 10.1 Å². The molecule has 0 amide bonds. The number of aromatic nitrogens is 2. The fourth-order valence-electron chi connectivity index (χ4n) is 1.78. The average Bonchev–Trinajstić information content (AvgIpc) is 2.92. The Hall–Kier alpha value is -1.88. The molecule has 0 aliphatic rings. The summed E-state index contributed by atoms with van der Waals surface area (Å²) in [5.74, 6) is 0.826. The second-order valence-electron chi connectivity index (χ2n) is 4.27. The van der Waals surface area contributed by atoms with Crippen LogP contribution in [0.4, 0.5) is 5.13 Å². The Kier molecular flexibility index (Phi) is 2.76. The van der Waals surface area contributed by atoms with E-state index in [0.29, 0.717) is 6.54 Å². The topological polar surface area (TPSA) is 51.0 Å². The molecule has 5 heteroatoms. The number of nitrogens with zero attached hydrogens (tertiary/aromatic N) is 2. The van der Waals surface area contributed by atoms with Gasteiger partial charge in [-0.25, -0.2) is 4.98 Å². The highest BCUT2D eigenvalue weighted by molar-refractivity contribution is 7.22. The van der Waals surface area contributed by atoms with E-state index in [9.17, 15) is 0 Å². The quantitative estimate of drug-likeness (QED) is 0.782. The van der Waals surface area contributed by atoms with Crippen LogP contribution in [0.3, 0.4) is 0 Å². The van der Waals surface area contributed by atoms with Gasteiger partial charge in [-0.05, 0) is 31.5 Å². The zero-order chi connectivity index (χ0) is 12.5. The van der Waals surface area contributed by atoms with Gasteiger partial charge in [0.2, 0.25) is 0 Å². The van der Waals surface area contributed by atoms with Gasteiger partial charge >= 0.3 is 0 Å². The number of benzene rings is 1. The summed E-state index contributed by atoms with van der Waals surface area (Å²) in [6.07, 6.45) is 0. The molecule has 0 aliphatic heterocycles.